The number of hydrogen-bond acceptors (Lipinski definition) is 2. The predicted molar refractivity (Wildman–Crippen MR) is 62.1 cm³/mol. The summed E-state index contributed by atoms with van der Waals surface area (Å²) in [5.74, 6) is 0. The number of nitrogens with zero attached hydrogens (tertiary/aromatic N) is 1. The first-order valence-electron chi connectivity index (χ1n) is 5.21. The highest BCUT2D eigenvalue weighted by molar-refractivity contribution is 4.79. The molecule has 0 amide bonds. The maximum atomic E-state index is 8.47. The Hall–Kier alpha value is -0.340. The van der Waals surface area contributed by atoms with E-state index in [0.717, 1.165) is 13.1 Å². The lowest BCUT2D eigenvalue weighted by molar-refractivity contribution is 0.232. The molecular formula is C11H27NO. The Bertz CT molecular complexity index is 82.2. The smallest absolute Gasteiger partial charge is 0.0558 e. The van der Waals surface area contributed by atoms with E-state index in [1.54, 1.807) is 0 Å². The van der Waals surface area contributed by atoms with Gasteiger partial charge in [-0.25, -0.2) is 0 Å². The van der Waals surface area contributed by atoms with Crippen LogP contribution in [0.5, 0.6) is 0 Å². The quantitative estimate of drug-likeness (QED) is 0.687. The third-order valence-corrected chi connectivity index (χ3v) is 1.13. The van der Waals surface area contributed by atoms with Gasteiger partial charge in [-0.2, -0.15) is 0 Å². The van der Waals surface area contributed by atoms with Crippen molar-refractivity contribution in [2.24, 2.45) is 0 Å². The van der Waals surface area contributed by atoms with Crippen molar-refractivity contribution in [1.29, 1.82) is 0 Å². The van der Waals surface area contributed by atoms with Gasteiger partial charge in [0.1, 0.15) is 0 Å². The molecule has 0 spiro atoms. The molecule has 0 aromatic carbocycles. The van der Waals surface area contributed by atoms with Crippen molar-refractivity contribution in [3.8, 4) is 0 Å². The summed E-state index contributed by atoms with van der Waals surface area (Å²) in [6.45, 7) is 11.9. The van der Waals surface area contributed by atoms with Crippen LogP contribution in [0.15, 0.2) is 12.2 Å². The van der Waals surface area contributed by atoms with E-state index in [2.05, 4.69) is 11.0 Å². The maximum absolute atomic E-state index is 8.47. The fourth-order valence-corrected chi connectivity index (χ4v) is 0.547. The summed E-state index contributed by atoms with van der Waals surface area (Å²) in [5.41, 5.74) is 0. The number of aliphatic hydroxyl groups is 1. The van der Waals surface area contributed by atoms with Crippen LogP contribution in [0.25, 0.3) is 0 Å². The van der Waals surface area contributed by atoms with E-state index in [9.17, 15) is 0 Å². The highest BCUT2D eigenvalue weighted by Gasteiger charge is 1.89. The molecule has 0 saturated heterocycles. The molecule has 0 rings (SSSR count). The molecule has 0 atom stereocenters. The number of likely N-dealkylation sites (N-methyl/N-ethyl adjacent to an activating group) is 1. The summed E-state index contributed by atoms with van der Waals surface area (Å²) < 4.78 is 0. The Balaban J connectivity index is -0.000000218. The first-order chi connectivity index (χ1) is 6.31. The van der Waals surface area contributed by atoms with E-state index in [-0.39, 0.29) is 6.61 Å². The molecule has 0 aliphatic heterocycles. The average Bonchev–Trinajstić information content (AvgIpc) is 2.21. The molecule has 1 N–H and O–H groups in total. The second kappa shape index (κ2) is 22.6. The molecule has 0 unspecified atom stereocenters. The average molecular weight is 189 g/mol. The molecule has 0 aliphatic carbocycles. The van der Waals surface area contributed by atoms with Crippen molar-refractivity contribution in [1.82, 2.24) is 4.90 Å². The van der Waals surface area contributed by atoms with E-state index in [0.29, 0.717) is 0 Å². The zero-order valence-electron chi connectivity index (χ0n) is 10.2. The van der Waals surface area contributed by atoms with Gasteiger partial charge in [0.2, 0.25) is 0 Å². The largest absolute Gasteiger partial charge is 0.395 e. The van der Waals surface area contributed by atoms with Crippen molar-refractivity contribution in [2.75, 3.05) is 26.7 Å². The van der Waals surface area contributed by atoms with Crippen LogP contribution >= 0.6 is 0 Å². The van der Waals surface area contributed by atoms with Gasteiger partial charge < -0.3 is 10.0 Å². The van der Waals surface area contributed by atoms with Crippen LogP contribution < -0.4 is 0 Å². The lowest BCUT2D eigenvalue weighted by Gasteiger charge is -2.10. The van der Waals surface area contributed by atoms with Gasteiger partial charge in [0, 0.05) is 13.1 Å². The van der Waals surface area contributed by atoms with E-state index in [1.165, 1.54) is 0 Å². The van der Waals surface area contributed by atoms with Crippen LogP contribution in [0, 0.1) is 0 Å². The summed E-state index contributed by atoms with van der Waals surface area (Å²) in [7, 11) is 1.98. The van der Waals surface area contributed by atoms with Crippen LogP contribution in [0.4, 0.5) is 0 Å². The monoisotopic (exact) mass is 189 g/mol. The molecule has 0 fully saturated rings. The van der Waals surface area contributed by atoms with E-state index in [4.69, 9.17) is 5.11 Å². The van der Waals surface area contributed by atoms with Crippen molar-refractivity contribution in [2.45, 2.75) is 34.6 Å². The van der Waals surface area contributed by atoms with Gasteiger partial charge in [-0.1, -0.05) is 39.8 Å². The Kier molecular flexibility index (Phi) is 32.0. The first kappa shape index (κ1) is 18.4. The Labute approximate surface area is 84.3 Å². The number of rotatable bonds is 4. The highest BCUT2D eigenvalue weighted by atomic mass is 16.3. The lowest BCUT2D eigenvalue weighted by Crippen LogP contribution is -2.21. The lowest BCUT2D eigenvalue weighted by atomic mass is 10.5. The number of allylic oxidation sites excluding steroid dienone is 1. The number of aliphatic hydroxyl groups excluding tert-OH is 1. The molecule has 2 heteroatoms. The van der Waals surface area contributed by atoms with Crippen LogP contribution in [-0.2, 0) is 0 Å². The molecule has 13 heavy (non-hydrogen) atoms. The maximum Gasteiger partial charge on any atom is 0.0558 e. The first-order valence-corrected chi connectivity index (χ1v) is 5.21. The van der Waals surface area contributed by atoms with Crippen molar-refractivity contribution >= 4 is 0 Å². The van der Waals surface area contributed by atoms with Crippen molar-refractivity contribution in [3.05, 3.63) is 12.2 Å². The molecule has 0 aromatic rings. The summed E-state index contributed by atoms with van der Waals surface area (Å²) in [4.78, 5) is 2.06. The zero-order valence-corrected chi connectivity index (χ0v) is 10.2. The van der Waals surface area contributed by atoms with Crippen LogP contribution in [0.1, 0.15) is 34.6 Å². The summed E-state index contributed by atoms with van der Waals surface area (Å²) in [5, 5.41) is 8.47. The Morgan fingerprint density at radius 2 is 1.62 bits per heavy atom. The Morgan fingerprint density at radius 3 is 1.92 bits per heavy atom. The van der Waals surface area contributed by atoms with E-state index in [1.807, 2.05) is 47.7 Å². The second-order valence-corrected chi connectivity index (χ2v) is 2.05. The minimum absolute atomic E-state index is 0.244. The van der Waals surface area contributed by atoms with Crippen LogP contribution in [0.3, 0.4) is 0 Å². The molecular weight excluding hydrogens is 162 g/mol. The normalized spacial score (nSPS) is 8.92. The molecule has 0 aromatic heterocycles. The summed E-state index contributed by atoms with van der Waals surface area (Å²) in [6.07, 6.45) is 4.07. The van der Waals surface area contributed by atoms with E-state index >= 15 is 0 Å². The number of hydrogen-bond donors (Lipinski definition) is 1. The van der Waals surface area contributed by atoms with Gasteiger partial charge >= 0.3 is 0 Å². The van der Waals surface area contributed by atoms with Gasteiger partial charge in [-0.15, -0.1) is 0 Å². The summed E-state index contributed by atoms with van der Waals surface area (Å²) >= 11 is 0. The minimum Gasteiger partial charge on any atom is -0.395 e. The molecule has 0 bridgehead atoms. The topological polar surface area (TPSA) is 23.5 Å². The zero-order chi connectivity index (χ0) is 11.1. The van der Waals surface area contributed by atoms with Crippen molar-refractivity contribution in [3.63, 3.8) is 0 Å². The molecule has 82 valence electrons. The molecule has 0 aliphatic rings. The minimum atomic E-state index is 0.244. The molecule has 0 radical (unpaired) electrons. The fraction of sp³-hybridized carbons (Fsp3) is 0.818. The Morgan fingerprint density at radius 1 is 1.15 bits per heavy atom. The molecule has 0 heterocycles. The van der Waals surface area contributed by atoms with Gasteiger partial charge in [0.25, 0.3) is 0 Å². The van der Waals surface area contributed by atoms with Crippen LogP contribution in [-0.4, -0.2) is 36.8 Å². The summed E-state index contributed by atoms with van der Waals surface area (Å²) in [6, 6.07) is 0. The van der Waals surface area contributed by atoms with Crippen molar-refractivity contribution < 1.29 is 5.11 Å². The van der Waals surface area contributed by atoms with Gasteiger partial charge in [-0.3, -0.25) is 0 Å². The highest BCUT2D eigenvalue weighted by Crippen LogP contribution is 1.80. The third-order valence-electron chi connectivity index (χ3n) is 1.13. The van der Waals surface area contributed by atoms with Gasteiger partial charge in [-0.05, 0) is 14.0 Å². The van der Waals surface area contributed by atoms with E-state index < -0.39 is 0 Å². The van der Waals surface area contributed by atoms with Gasteiger partial charge in [0.05, 0.1) is 6.61 Å². The van der Waals surface area contributed by atoms with Gasteiger partial charge in [0.15, 0.2) is 0 Å². The van der Waals surface area contributed by atoms with Crippen LogP contribution in [0.2, 0.25) is 0 Å². The standard InChI is InChI=1S/C7H15NO.2C2H6/c1-3-4-5-8(2)6-7-9;2*1-2/h3-4,9H,5-7H2,1-2H3;2*1-2H3/b4-3+;;. The second-order valence-electron chi connectivity index (χ2n) is 2.05. The fourth-order valence-electron chi connectivity index (χ4n) is 0.547. The predicted octanol–water partition coefficient (Wildman–Crippen LogP) is 2.54. The third kappa shape index (κ3) is 24.5. The molecule has 2 nitrogen and oxygen atoms in total. The SMILES string of the molecule is C/C=C/CN(C)CCO.CC.CC. The molecule has 0 saturated carbocycles.